The molecule has 19 heavy (non-hydrogen) atoms. The van der Waals surface area contributed by atoms with Crippen LogP contribution in [0.2, 0.25) is 0 Å². The van der Waals surface area contributed by atoms with E-state index in [4.69, 9.17) is 0 Å². The normalized spacial score (nSPS) is 10.3. The van der Waals surface area contributed by atoms with E-state index in [9.17, 15) is 9.18 Å². The summed E-state index contributed by atoms with van der Waals surface area (Å²) >= 11 is 3.28. The first-order valence-corrected chi connectivity index (χ1v) is 6.47. The molecule has 0 fully saturated rings. The van der Waals surface area contributed by atoms with Gasteiger partial charge in [-0.3, -0.25) is 4.79 Å². The zero-order chi connectivity index (χ0) is 14.0. The van der Waals surface area contributed by atoms with Crippen LogP contribution in [0.15, 0.2) is 35.1 Å². The van der Waals surface area contributed by atoms with Gasteiger partial charge in [-0.25, -0.2) is 9.37 Å². The Morgan fingerprint density at radius 1 is 1.32 bits per heavy atom. The molecule has 0 aliphatic heterocycles. The molecule has 0 bridgehead atoms. The van der Waals surface area contributed by atoms with Crippen LogP contribution < -0.4 is 5.32 Å². The minimum Gasteiger partial charge on any atom is -0.320 e. The average molecular weight is 323 g/mol. The van der Waals surface area contributed by atoms with Crippen LogP contribution >= 0.6 is 15.9 Å². The van der Waals surface area contributed by atoms with Gasteiger partial charge in [0.15, 0.2) is 0 Å². The van der Waals surface area contributed by atoms with Gasteiger partial charge >= 0.3 is 0 Å². The lowest BCUT2D eigenvalue weighted by molar-refractivity contribution is 0.102. The first-order valence-electron chi connectivity index (χ1n) is 5.67. The molecule has 98 valence electrons. The molecule has 0 spiro atoms. The van der Waals surface area contributed by atoms with Crippen LogP contribution in [0.4, 0.5) is 10.1 Å². The summed E-state index contributed by atoms with van der Waals surface area (Å²) in [5.74, 6) is -0.980. The molecule has 0 atom stereocenters. The second kappa shape index (κ2) is 5.48. The number of carbonyl (C=O) groups excluding carboxylic acids is 1. The number of carbonyl (C=O) groups is 1. The topological polar surface area (TPSA) is 42.0 Å². The molecular formula is C14H12BrFN2O. The number of benzene rings is 1. The number of hydrogen-bond donors (Lipinski definition) is 1. The van der Waals surface area contributed by atoms with Crippen molar-refractivity contribution in [1.29, 1.82) is 0 Å². The van der Waals surface area contributed by atoms with E-state index < -0.39 is 11.7 Å². The second-order valence-electron chi connectivity index (χ2n) is 4.22. The van der Waals surface area contributed by atoms with Crippen molar-refractivity contribution in [2.45, 2.75) is 13.8 Å². The predicted molar refractivity (Wildman–Crippen MR) is 75.8 cm³/mol. The van der Waals surface area contributed by atoms with Crippen molar-refractivity contribution in [1.82, 2.24) is 4.98 Å². The molecule has 0 aliphatic rings. The predicted octanol–water partition coefficient (Wildman–Crippen LogP) is 3.85. The van der Waals surface area contributed by atoms with Gasteiger partial charge in [0.25, 0.3) is 5.91 Å². The summed E-state index contributed by atoms with van der Waals surface area (Å²) in [5.41, 5.74) is 1.90. The number of aryl methyl sites for hydroxylation is 2. The molecule has 2 rings (SSSR count). The van der Waals surface area contributed by atoms with E-state index in [1.807, 2.05) is 6.92 Å². The van der Waals surface area contributed by atoms with E-state index in [-0.39, 0.29) is 5.56 Å². The Kier molecular flexibility index (Phi) is 3.95. The molecule has 1 amide bonds. The SMILES string of the molecule is Cc1cc(NC(=O)c2cccc(C)c2F)cnc1Br. The van der Waals surface area contributed by atoms with Crippen LogP contribution in [-0.2, 0) is 0 Å². The standard InChI is InChI=1S/C14H12BrFN2O/c1-8-4-3-5-11(12(8)16)14(19)18-10-6-9(2)13(15)17-7-10/h3-7H,1-2H3,(H,18,19). The lowest BCUT2D eigenvalue weighted by Crippen LogP contribution is -2.14. The fraction of sp³-hybridized carbons (Fsp3) is 0.143. The number of nitrogens with zero attached hydrogens (tertiary/aromatic N) is 1. The van der Waals surface area contributed by atoms with Gasteiger partial charge in [-0.05, 0) is 53.0 Å². The van der Waals surface area contributed by atoms with Gasteiger partial charge in [-0.1, -0.05) is 12.1 Å². The Labute approximate surface area is 119 Å². The fourth-order valence-electron chi connectivity index (χ4n) is 1.65. The summed E-state index contributed by atoms with van der Waals surface area (Å²) in [4.78, 5) is 16.1. The van der Waals surface area contributed by atoms with Crippen molar-refractivity contribution >= 4 is 27.5 Å². The number of aromatic nitrogens is 1. The quantitative estimate of drug-likeness (QED) is 0.853. The van der Waals surface area contributed by atoms with E-state index in [1.165, 1.54) is 12.3 Å². The minimum atomic E-state index is -0.498. The van der Waals surface area contributed by atoms with E-state index in [0.29, 0.717) is 15.9 Å². The third-order valence-electron chi connectivity index (χ3n) is 2.71. The maximum Gasteiger partial charge on any atom is 0.258 e. The van der Waals surface area contributed by atoms with Gasteiger partial charge in [-0.2, -0.15) is 0 Å². The van der Waals surface area contributed by atoms with Crippen LogP contribution in [-0.4, -0.2) is 10.9 Å². The molecule has 0 radical (unpaired) electrons. The van der Waals surface area contributed by atoms with Gasteiger partial charge in [0.2, 0.25) is 0 Å². The summed E-state index contributed by atoms with van der Waals surface area (Å²) in [6.45, 7) is 3.48. The highest BCUT2D eigenvalue weighted by Gasteiger charge is 2.13. The Morgan fingerprint density at radius 2 is 2.05 bits per heavy atom. The van der Waals surface area contributed by atoms with E-state index in [2.05, 4.69) is 26.2 Å². The number of nitrogens with one attached hydrogen (secondary N) is 1. The maximum atomic E-state index is 13.8. The molecule has 5 heteroatoms. The van der Waals surface area contributed by atoms with Crippen molar-refractivity contribution in [3.8, 4) is 0 Å². The third kappa shape index (κ3) is 2.98. The van der Waals surface area contributed by atoms with Crippen molar-refractivity contribution in [3.05, 3.63) is 57.6 Å². The van der Waals surface area contributed by atoms with Gasteiger partial charge in [0.1, 0.15) is 10.4 Å². The first-order chi connectivity index (χ1) is 8.99. The van der Waals surface area contributed by atoms with Crippen molar-refractivity contribution in [2.75, 3.05) is 5.32 Å². The molecule has 2 aromatic rings. The van der Waals surface area contributed by atoms with E-state index in [0.717, 1.165) is 5.56 Å². The summed E-state index contributed by atoms with van der Waals surface area (Å²) in [6, 6.07) is 6.50. The Hall–Kier alpha value is -1.75. The highest BCUT2D eigenvalue weighted by Crippen LogP contribution is 2.18. The molecule has 0 aliphatic carbocycles. The zero-order valence-corrected chi connectivity index (χ0v) is 12.1. The number of pyridine rings is 1. The van der Waals surface area contributed by atoms with Crippen molar-refractivity contribution in [3.63, 3.8) is 0 Å². The van der Waals surface area contributed by atoms with Crippen LogP contribution in [0.5, 0.6) is 0 Å². The number of anilines is 1. The third-order valence-corrected chi connectivity index (χ3v) is 3.54. The monoisotopic (exact) mass is 322 g/mol. The van der Waals surface area contributed by atoms with Crippen molar-refractivity contribution < 1.29 is 9.18 Å². The molecule has 0 unspecified atom stereocenters. The van der Waals surface area contributed by atoms with Crippen LogP contribution in [0.3, 0.4) is 0 Å². The largest absolute Gasteiger partial charge is 0.320 e. The number of rotatable bonds is 2. The van der Waals surface area contributed by atoms with E-state index >= 15 is 0 Å². The number of halogens is 2. The highest BCUT2D eigenvalue weighted by atomic mass is 79.9. The smallest absolute Gasteiger partial charge is 0.258 e. The summed E-state index contributed by atoms with van der Waals surface area (Å²) in [6.07, 6.45) is 1.52. The number of hydrogen-bond acceptors (Lipinski definition) is 2. The summed E-state index contributed by atoms with van der Waals surface area (Å²) in [5, 5.41) is 2.63. The molecule has 1 heterocycles. The zero-order valence-electron chi connectivity index (χ0n) is 10.5. The highest BCUT2D eigenvalue weighted by molar-refractivity contribution is 9.10. The van der Waals surface area contributed by atoms with Gasteiger partial charge in [-0.15, -0.1) is 0 Å². The molecule has 1 aromatic heterocycles. The maximum absolute atomic E-state index is 13.8. The first kappa shape index (κ1) is 13.7. The van der Waals surface area contributed by atoms with Crippen LogP contribution in [0, 0.1) is 19.7 Å². The van der Waals surface area contributed by atoms with Gasteiger partial charge < -0.3 is 5.32 Å². The molecule has 1 aromatic carbocycles. The average Bonchev–Trinajstić information content (AvgIpc) is 2.37. The fourth-order valence-corrected chi connectivity index (χ4v) is 1.86. The van der Waals surface area contributed by atoms with Gasteiger partial charge in [0, 0.05) is 0 Å². The van der Waals surface area contributed by atoms with Crippen LogP contribution in [0.1, 0.15) is 21.5 Å². The summed E-state index contributed by atoms with van der Waals surface area (Å²) < 4.78 is 14.5. The van der Waals surface area contributed by atoms with Crippen LogP contribution in [0.25, 0.3) is 0 Å². The molecule has 3 nitrogen and oxygen atoms in total. The Bertz CT molecular complexity index is 643. The van der Waals surface area contributed by atoms with Gasteiger partial charge in [0.05, 0.1) is 17.4 Å². The molecular weight excluding hydrogens is 311 g/mol. The minimum absolute atomic E-state index is 0.0283. The van der Waals surface area contributed by atoms with Crippen molar-refractivity contribution in [2.24, 2.45) is 0 Å². The lowest BCUT2D eigenvalue weighted by Gasteiger charge is -2.08. The summed E-state index contributed by atoms with van der Waals surface area (Å²) in [7, 11) is 0. The lowest BCUT2D eigenvalue weighted by atomic mass is 10.1. The molecule has 0 saturated carbocycles. The molecule has 1 N–H and O–H groups in total. The number of amides is 1. The Balaban J connectivity index is 2.26. The second-order valence-corrected chi connectivity index (χ2v) is 4.97. The molecule has 0 saturated heterocycles. The van der Waals surface area contributed by atoms with E-state index in [1.54, 1.807) is 25.1 Å². The Morgan fingerprint density at radius 3 is 2.74 bits per heavy atom.